The molecule has 26 heavy (non-hydrogen) atoms. The molecule has 4 aromatic carbocycles. The van der Waals surface area contributed by atoms with E-state index in [-0.39, 0.29) is 0 Å². The van der Waals surface area contributed by atoms with Crippen LogP contribution < -0.4 is 0 Å². The first-order valence-corrected chi connectivity index (χ1v) is 10.3. The van der Waals surface area contributed by atoms with Gasteiger partial charge in [-0.15, -0.1) is 0 Å². The van der Waals surface area contributed by atoms with Gasteiger partial charge >= 0.3 is 0 Å². The maximum Gasteiger partial charge on any atom is 0.0253 e. The Morgan fingerprint density at radius 3 is 2.38 bits per heavy atom. The molecule has 1 atom stereocenters. The molecule has 4 aromatic rings. The Morgan fingerprint density at radius 1 is 0.731 bits per heavy atom. The molecule has 1 aliphatic carbocycles. The normalized spacial score (nSPS) is 16.7. The van der Waals surface area contributed by atoms with Crippen LogP contribution in [0.2, 0.25) is 0 Å². The van der Waals surface area contributed by atoms with Crippen LogP contribution in [0.3, 0.4) is 0 Å². The minimum absolute atomic E-state index is 0.642. The fraction of sp³-hybridized carbons (Fsp3) is 0.200. The molecular weight excluding hydrogens is 380 g/mol. The molecule has 128 valence electrons. The topological polar surface area (TPSA) is 0 Å². The van der Waals surface area contributed by atoms with Gasteiger partial charge in [-0.3, -0.25) is 0 Å². The maximum atomic E-state index is 3.70. The molecule has 5 rings (SSSR count). The van der Waals surface area contributed by atoms with Crippen molar-refractivity contribution in [2.45, 2.75) is 31.6 Å². The molecule has 1 heteroatoms. The lowest BCUT2D eigenvalue weighted by atomic mass is 9.77. The van der Waals surface area contributed by atoms with Crippen LogP contribution in [0.4, 0.5) is 0 Å². The lowest BCUT2D eigenvalue weighted by Gasteiger charge is -2.27. The van der Waals surface area contributed by atoms with Crippen LogP contribution in [0.25, 0.3) is 21.5 Å². The van der Waals surface area contributed by atoms with Gasteiger partial charge in [-0.05, 0) is 75.9 Å². The van der Waals surface area contributed by atoms with Gasteiger partial charge in [0.15, 0.2) is 0 Å². The molecule has 1 unspecified atom stereocenters. The summed E-state index contributed by atoms with van der Waals surface area (Å²) in [5.74, 6) is 0.642. The molecule has 0 amide bonds. The van der Waals surface area contributed by atoms with E-state index in [1.807, 2.05) is 0 Å². The first-order valence-electron chi connectivity index (χ1n) is 9.48. The van der Waals surface area contributed by atoms with E-state index >= 15 is 0 Å². The van der Waals surface area contributed by atoms with Gasteiger partial charge in [-0.2, -0.15) is 0 Å². The molecule has 0 N–H and O–H groups in total. The van der Waals surface area contributed by atoms with E-state index in [0.717, 1.165) is 6.42 Å². The van der Waals surface area contributed by atoms with Crippen molar-refractivity contribution in [3.05, 3.63) is 94.0 Å². The molecule has 0 bridgehead atoms. The second kappa shape index (κ2) is 6.55. The van der Waals surface area contributed by atoms with Crippen molar-refractivity contribution in [1.29, 1.82) is 0 Å². The second-order valence-electron chi connectivity index (χ2n) is 7.41. The highest BCUT2D eigenvalue weighted by Crippen LogP contribution is 2.40. The number of rotatable bonds is 2. The van der Waals surface area contributed by atoms with Crippen LogP contribution in [-0.2, 0) is 12.8 Å². The van der Waals surface area contributed by atoms with Crippen molar-refractivity contribution in [3.63, 3.8) is 0 Å². The molecule has 0 saturated heterocycles. The average molecular weight is 401 g/mol. The van der Waals surface area contributed by atoms with E-state index in [4.69, 9.17) is 0 Å². The third-order valence-corrected chi connectivity index (χ3v) is 6.59. The third-order valence-electron chi connectivity index (χ3n) is 5.90. The minimum atomic E-state index is 0.642. The number of hydrogen-bond donors (Lipinski definition) is 0. The van der Waals surface area contributed by atoms with Gasteiger partial charge in [0.1, 0.15) is 0 Å². The molecule has 0 saturated carbocycles. The van der Waals surface area contributed by atoms with E-state index < -0.39 is 0 Å². The predicted octanol–water partition coefficient (Wildman–Crippen LogP) is 7.42. The van der Waals surface area contributed by atoms with E-state index in [0.29, 0.717) is 5.92 Å². The lowest BCUT2D eigenvalue weighted by molar-refractivity contribution is 0.553. The Balaban J connectivity index is 1.66. The van der Waals surface area contributed by atoms with Crippen LogP contribution in [0.15, 0.2) is 77.3 Å². The number of hydrogen-bond acceptors (Lipinski definition) is 0. The highest BCUT2D eigenvalue weighted by Gasteiger charge is 2.22. The average Bonchev–Trinajstić information content (AvgIpc) is 2.69. The van der Waals surface area contributed by atoms with Crippen LogP contribution in [0.1, 0.15) is 35.4 Å². The van der Waals surface area contributed by atoms with Crippen LogP contribution in [0.5, 0.6) is 0 Å². The third kappa shape index (κ3) is 2.66. The Hall–Kier alpha value is -2.12. The summed E-state index contributed by atoms with van der Waals surface area (Å²) in [7, 11) is 0. The number of fused-ring (bicyclic) bond motifs is 5. The Kier molecular flexibility index (Phi) is 4.05. The summed E-state index contributed by atoms with van der Waals surface area (Å²) in [5, 5.41) is 5.50. The van der Waals surface area contributed by atoms with Gasteiger partial charge in [0.05, 0.1) is 0 Å². The molecule has 0 heterocycles. The molecular formula is C25H21Br. The van der Waals surface area contributed by atoms with Crippen molar-refractivity contribution >= 4 is 37.5 Å². The van der Waals surface area contributed by atoms with Crippen molar-refractivity contribution in [2.75, 3.05) is 0 Å². The predicted molar refractivity (Wildman–Crippen MR) is 115 cm³/mol. The number of benzene rings is 4. The molecule has 0 radical (unpaired) electrons. The summed E-state index contributed by atoms with van der Waals surface area (Å²) in [6.07, 6.45) is 4.95. The van der Waals surface area contributed by atoms with Crippen molar-refractivity contribution in [1.82, 2.24) is 0 Å². The summed E-state index contributed by atoms with van der Waals surface area (Å²) in [6, 6.07) is 26.8. The van der Waals surface area contributed by atoms with Gasteiger partial charge in [-0.1, -0.05) is 82.7 Å². The first kappa shape index (κ1) is 16.1. The first-order chi connectivity index (χ1) is 12.8. The zero-order valence-electron chi connectivity index (χ0n) is 14.7. The summed E-state index contributed by atoms with van der Waals surface area (Å²) in [4.78, 5) is 0. The second-order valence-corrected chi connectivity index (χ2v) is 8.26. The highest BCUT2D eigenvalue weighted by molar-refractivity contribution is 9.10. The van der Waals surface area contributed by atoms with Gasteiger partial charge in [0.2, 0.25) is 0 Å². The fourth-order valence-electron chi connectivity index (χ4n) is 4.67. The largest absolute Gasteiger partial charge is 0.0622 e. The van der Waals surface area contributed by atoms with Gasteiger partial charge < -0.3 is 0 Å². The van der Waals surface area contributed by atoms with Gasteiger partial charge in [-0.25, -0.2) is 0 Å². The summed E-state index contributed by atoms with van der Waals surface area (Å²) < 4.78 is 1.18. The van der Waals surface area contributed by atoms with Crippen molar-refractivity contribution < 1.29 is 0 Å². The molecule has 0 nitrogen and oxygen atoms in total. The summed E-state index contributed by atoms with van der Waals surface area (Å²) in [5.41, 5.74) is 4.60. The molecule has 0 spiro atoms. The van der Waals surface area contributed by atoms with Crippen molar-refractivity contribution in [2.24, 2.45) is 0 Å². The zero-order valence-corrected chi connectivity index (χ0v) is 16.3. The van der Waals surface area contributed by atoms with Gasteiger partial charge in [0, 0.05) is 4.47 Å². The van der Waals surface area contributed by atoms with E-state index in [2.05, 4.69) is 88.7 Å². The number of halogens is 1. The Morgan fingerprint density at radius 2 is 1.50 bits per heavy atom. The Bertz CT molecular complexity index is 1100. The highest BCUT2D eigenvalue weighted by atomic mass is 79.9. The lowest BCUT2D eigenvalue weighted by Crippen LogP contribution is -2.12. The standard InChI is InChI=1S/C25H21Br/c26-25-11-5-10-21-23-13-12-19-18(16-17-6-2-1-3-7-17)8-4-9-20(19)22(23)14-15-24(21)25/h1-3,5-7,10-15,18H,4,8-9,16H2. The monoisotopic (exact) mass is 400 g/mol. The zero-order chi connectivity index (χ0) is 17.5. The summed E-state index contributed by atoms with van der Waals surface area (Å²) in [6.45, 7) is 0. The van der Waals surface area contributed by atoms with Gasteiger partial charge in [0.25, 0.3) is 0 Å². The number of aryl methyl sites for hydroxylation is 1. The minimum Gasteiger partial charge on any atom is -0.0622 e. The van der Waals surface area contributed by atoms with Crippen molar-refractivity contribution in [3.8, 4) is 0 Å². The Labute approximate surface area is 163 Å². The summed E-state index contributed by atoms with van der Waals surface area (Å²) >= 11 is 3.70. The maximum absolute atomic E-state index is 3.70. The van der Waals surface area contributed by atoms with Crippen LogP contribution in [0, 0.1) is 0 Å². The molecule has 0 aromatic heterocycles. The molecule has 1 aliphatic rings. The van der Waals surface area contributed by atoms with E-state index in [1.165, 1.54) is 50.8 Å². The van der Waals surface area contributed by atoms with E-state index in [1.54, 1.807) is 11.1 Å². The van der Waals surface area contributed by atoms with Crippen LogP contribution >= 0.6 is 15.9 Å². The van der Waals surface area contributed by atoms with E-state index in [9.17, 15) is 0 Å². The fourth-order valence-corrected chi connectivity index (χ4v) is 5.17. The SMILES string of the molecule is Brc1cccc2c1ccc1c3c(ccc12)C(Cc1ccccc1)CCC3. The van der Waals surface area contributed by atoms with Crippen LogP contribution in [-0.4, -0.2) is 0 Å². The smallest absolute Gasteiger partial charge is 0.0253 e. The quantitative estimate of drug-likeness (QED) is 0.307. The molecule has 0 aliphatic heterocycles. The molecule has 0 fully saturated rings.